The molecule has 0 bridgehead atoms. The first-order valence-electron chi connectivity index (χ1n) is 3.45. The molecule has 1 aromatic heterocycles. The number of imidazole rings is 1. The molecular weight excluding hydrogens is 209 g/mol. The van der Waals surface area contributed by atoms with Crippen LogP contribution in [0.1, 0.15) is 5.56 Å². The standard InChI is InChI=1S/C8H3Cl2N3/c9-5-1-4(3-11)2-6-7(5)13-8(10)12-6/h1-2H,(H,12,13). The minimum absolute atomic E-state index is 0.270. The van der Waals surface area contributed by atoms with E-state index in [1.165, 1.54) is 0 Å². The van der Waals surface area contributed by atoms with Crippen molar-refractivity contribution in [2.45, 2.75) is 0 Å². The number of aromatic amines is 1. The second-order valence-corrected chi connectivity index (χ2v) is 3.26. The smallest absolute Gasteiger partial charge is 0.201 e. The molecular formula is C8H3Cl2N3. The molecule has 0 aliphatic rings. The Morgan fingerprint density at radius 1 is 1.38 bits per heavy atom. The quantitative estimate of drug-likeness (QED) is 0.729. The maximum atomic E-state index is 8.65. The number of rotatable bonds is 0. The summed E-state index contributed by atoms with van der Waals surface area (Å²) in [5.41, 5.74) is 1.75. The fraction of sp³-hybridized carbons (Fsp3) is 0. The van der Waals surface area contributed by atoms with E-state index in [0.29, 0.717) is 21.6 Å². The number of halogens is 2. The molecule has 0 saturated heterocycles. The number of aromatic nitrogens is 2. The van der Waals surface area contributed by atoms with Gasteiger partial charge in [0.05, 0.1) is 22.2 Å². The lowest BCUT2D eigenvalue weighted by atomic mass is 10.2. The summed E-state index contributed by atoms with van der Waals surface area (Å²) in [5.74, 6) is 0. The Balaban J connectivity index is 2.85. The van der Waals surface area contributed by atoms with Gasteiger partial charge in [-0.25, -0.2) is 4.98 Å². The molecule has 64 valence electrons. The highest BCUT2D eigenvalue weighted by Gasteiger charge is 2.06. The van der Waals surface area contributed by atoms with Crippen LogP contribution in [0.5, 0.6) is 0 Å². The lowest BCUT2D eigenvalue weighted by Crippen LogP contribution is -1.76. The molecule has 0 fully saturated rings. The predicted molar refractivity (Wildman–Crippen MR) is 50.8 cm³/mol. The molecule has 3 nitrogen and oxygen atoms in total. The Labute approximate surface area is 83.9 Å². The van der Waals surface area contributed by atoms with E-state index in [2.05, 4.69) is 9.97 Å². The zero-order chi connectivity index (χ0) is 9.42. The Kier molecular flexibility index (Phi) is 1.87. The fourth-order valence-electron chi connectivity index (χ4n) is 1.11. The van der Waals surface area contributed by atoms with Gasteiger partial charge in [-0.05, 0) is 23.7 Å². The summed E-state index contributed by atoms with van der Waals surface area (Å²) in [4.78, 5) is 6.75. The molecule has 0 spiro atoms. The predicted octanol–water partition coefficient (Wildman–Crippen LogP) is 2.74. The summed E-state index contributed by atoms with van der Waals surface area (Å²) < 4.78 is 0. The number of nitriles is 1. The van der Waals surface area contributed by atoms with E-state index >= 15 is 0 Å². The topological polar surface area (TPSA) is 52.5 Å². The number of nitrogens with one attached hydrogen (secondary N) is 1. The van der Waals surface area contributed by atoms with Crippen LogP contribution in [0.3, 0.4) is 0 Å². The minimum atomic E-state index is 0.270. The first-order chi connectivity index (χ1) is 6.20. The van der Waals surface area contributed by atoms with Crippen molar-refractivity contribution in [2.75, 3.05) is 0 Å². The van der Waals surface area contributed by atoms with Crippen molar-refractivity contribution < 1.29 is 0 Å². The van der Waals surface area contributed by atoms with Crippen LogP contribution in [0, 0.1) is 11.3 Å². The molecule has 0 saturated carbocycles. The summed E-state index contributed by atoms with van der Waals surface area (Å²) in [6.45, 7) is 0. The molecule has 0 unspecified atom stereocenters. The van der Waals surface area contributed by atoms with Crippen LogP contribution in [0.15, 0.2) is 12.1 Å². The molecule has 2 aromatic rings. The molecule has 1 heterocycles. The highest BCUT2D eigenvalue weighted by molar-refractivity contribution is 6.36. The third-order valence-electron chi connectivity index (χ3n) is 1.64. The summed E-state index contributed by atoms with van der Waals surface area (Å²) in [6, 6.07) is 5.20. The summed E-state index contributed by atoms with van der Waals surface area (Å²) in [6.07, 6.45) is 0. The fourth-order valence-corrected chi connectivity index (χ4v) is 1.56. The summed E-state index contributed by atoms with van der Waals surface area (Å²) >= 11 is 11.5. The molecule has 0 aliphatic heterocycles. The lowest BCUT2D eigenvalue weighted by Gasteiger charge is -1.92. The molecule has 1 aromatic carbocycles. The normalized spacial score (nSPS) is 10.2. The first-order valence-corrected chi connectivity index (χ1v) is 4.21. The van der Waals surface area contributed by atoms with E-state index in [1.807, 2.05) is 6.07 Å². The molecule has 0 amide bonds. The van der Waals surface area contributed by atoms with Crippen molar-refractivity contribution in [1.29, 1.82) is 5.26 Å². The van der Waals surface area contributed by atoms with E-state index in [0.717, 1.165) is 0 Å². The van der Waals surface area contributed by atoms with E-state index in [9.17, 15) is 0 Å². The van der Waals surface area contributed by atoms with E-state index < -0.39 is 0 Å². The monoisotopic (exact) mass is 211 g/mol. The molecule has 0 atom stereocenters. The third-order valence-corrected chi connectivity index (χ3v) is 2.11. The second-order valence-electron chi connectivity index (χ2n) is 2.49. The van der Waals surface area contributed by atoms with Gasteiger partial charge in [0.25, 0.3) is 0 Å². The van der Waals surface area contributed by atoms with Gasteiger partial charge in [-0.1, -0.05) is 11.6 Å². The van der Waals surface area contributed by atoms with Crippen molar-refractivity contribution >= 4 is 34.2 Å². The van der Waals surface area contributed by atoms with E-state index in [1.54, 1.807) is 12.1 Å². The van der Waals surface area contributed by atoms with Gasteiger partial charge in [0.15, 0.2) is 0 Å². The Morgan fingerprint density at radius 3 is 2.85 bits per heavy atom. The van der Waals surface area contributed by atoms with Crippen LogP contribution in [0.25, 0.3) is 11.0 Å². The SMILES string of the molecule is N#Cc1cc(Cl)c2nc(Cl)[nH]c2c1. The molecule has 1 N–H and O–H groups in total. The van der Waals surface area contributed by atoms with Crippen LogP contribution in [0.4, 0.5) is 0 Å². The van der Waals surface area contributed by atoms with Gasteiger partial charge in [0.1, 0.15) is 5.52 Å². The maximum Gasteiger partial charge on any atom is 0.201 e. The Morgan fingerprint density at radius 2 is 2.15 bits per heavy atom. The largest absolute Gasteiger partial charge is 0.328 e. The summed E-state index contributed by atoms with van der Waals surface area (Å²) in [5, 5.41) is 9.35. The highest BCUT2D eigenvalue weighted by atomic mass is 35.5. The number of fused-ring (bicyclic) bond motifs is 1. The van der Waals surface area contributed by atoms with E-state index in [4.69, 9.17) is 28.5 Å². The van der Waals surface area contributed by atoms with Crippen LogP contribution in [0.2, 0.25) is 10.3 Å². The second kappa shape index (κ2) is 2.91. The van der Waals surface area contributed by atoms with Gasteiger partial charge < -0.3 is 4.98 Å². The highest BCUT2D eigenvalue weighted by Crippen LogP contribution is 2.24. The minimum Gasteiger partial charge on any atom is -0.328 e. The van der Waals surface area contributed by atoms with Crippen molar-refractivity contribution in [1.82, 2.24) is 9.97 Å². The third kappa shape index (κ3) is 1.35. The van der Waals surface area contributed by atoms with Gasteiger partial charge in [-0.3, -0.25) is 0 Å². The number of nitrogens with zero attached hydrogens (tertiary/aromatic N) is 2. The van der Waals surface area contributed by atoms with Crippen molar-refractivity contribution in [2.24, 2.45) is 0 Å². The lowest BCUT2D eigenvalue weighted by molar-refractivity contribution is 1.34. The number of H-pyrrole nitrogens is 1. The van der Waals surface area contributed by atoms with Gasteiger partial charge in [0.2, 0.25) is 5.28 Å². The van der Waals surface area contributed by atoms with Crippen molar-refractivity contribution in [3.05, 3.63) is 28.0 Å². The van der Waals surface area contributed by atoms with Crippen molar-refractivity contribution in [3.63, 3.8) is 0 Å². The molecule has 0 radical (unpaired) electrons. The number of benzene rings is 1. The van der Waals surface area contributed by atoms with Crippen LogP contribution in [-0.4, -0.2) is 9.97 Å². The van der Waals surface area contributed by atoms with Crippen LogP contribution >= 0.6 is 23.2 Å². The van der Waals surface area contributed by atoms with Gasteiger partial charge in [-0.2, -0.15) is 5.26 Å². The van der Waals surface area contributed by atoms with Crippen LogP contribution < -0.4 is 0 Å². The molecule has 2 rings (SSSR count). The average Bonchev–Trinajstić information content (AvgIpc) is 2.46. The number of hydrogen-bond donors (Lipinski definition) is 1. The van der Waals surface area contributed by atoms with Crippen LogP contribution in [-0.2, 0) is 0 Å². The molecule has 0 aliphatic carbocycles. The zero-order valence-electron chi connectivity index (χ0n) is 6.31. The van der Waals surface area contributed by atoms with E-state index in [-0.39, 0.29) is 5.28 Å². The average molecular weight is 212 g/mol. The molecule has 13 heavy (non-hydrogen) atoms. The Hall–Kier alpha value is -1.24. The first kappa shape index (κ1) is 8.36. The van der Waals surface area contributed by atoms with Gasteiger partial charge in [-0.15, -0.1) is 0 Å². The van der Waals surface area contributed by atoms with Gasteiger partial charge >= 0.3 is 0 Å². The maximum absolute atomic E-state index is 8.65. The Bertz CT molecular complexity index is 510. The van der Waals surface area contributed by atoms with Crippen molar-refractivity contribution in [3.8, 4) is 6.07 Å². The summed E-state index contributed by atoms with van der Waals surface area (Å²) in [7, 11) is 0. The van der Waals surface area contributed by atoms with Gasteiger partial charge in [0, 0.05) is 0 Å². The zero-order valence-corrected chi connectivity index (χ0v) is 7.82. The number of hydrogen-bond acceptors (Lipinski definition) is 2. The molecule has 5 heteroatoms.